The van der Waals surface area contributed by atoms with E-state index in [0.29, 0.717) is 29.0 Å². The van der Waals surface area contributed by atoms with Crippen LogP contribution in [0.4, 0.5) is 5.69 Å². The van der Waals surface area contributed by atoms with E-state index in [1.807, 2.05) is 0 Å². The first-order chi connectivity index (χ1) is 13.9. The zero-order valence-electron chi connectivity index (χ0n) is 15.3. The number of hydrazine groups is 1. The molecular weight excluding hydrogens is 450 g/mol. The smallest absolute Gasteiger partial charge is 0.276 e. The third-order valence-electron chi connectivity index (χ3n) is 3.47. The molecule has 0 heterocycles. The lowest BCUT2D eigenvalue weighted by atomic mass is 10.2. The Morgan fingerprint density at radius 3 is 2.41 bits per heavy atom. The molecule has 0 atom stereocenters. The molecule has 0 radical (unpaired) electrons. The first-order valence-corrected chi connectivity index (χ1v) is 9.07. The third kappa shape index (κ3) is 7.05. The molecule has 0 fully saturated rings. The second-order valence-corrected chi connectivity index (χ2v) is 6.38. The summed E-state index contributed by atoms with van der Waals surface area (Å²) in [6.45, 7) is 0.419. The van der Waals surface area contributed by atoms with Crippen LogP contribution in [0.1, 0.15) is 10.4 Å². The molecule has 154 valence electrons. The van der Waals surface area contributed by atoms with Crippen LogP contribution in [0.15, 0.2) is 46.9 Å². The Balaban J connectivity index is 1.79. The molecule has 0 saturated carbocycles. The number of non-ortho nitro benzene ring substituents is 1. The van der Waals surface area contributed by atoms with E-state index in [2.05, 4.69) is 26.8 Å². The number of methoxy groups -OCH3 is 1. The van der Waals surface area contributed by atoms with Gasteiger partial charge in [-0.25, -0.2) is 0 Å². The summed E-state index contributed by atoms with van der Waals surface area (Å²) in [6.07, 6.45) is 0. The normalized spacial score (nSPS) is 10.1. The summed E-state index contributed by atoms with van der Waals surface area (Å²) < 4.78 is 16.2. The fourth-order valence-corrected chi connectivity index (χ4v) is 2.54. The Morgan fingerprint density at radius 2 is 1.79 bits per heavy atom. The standard InChI is InChI=1S/C18H18BrN3O7/c1-27-8-9-28-16-7-2-12(10-15(16)19)18(24)21-20-17(23)11-29-14-5-3-13(4-6-14)22(25)26/h2-7,10H,8-9,11H2,1H3,(H,20,23)(H,21,24). The number of rotatable bonds is 9. The number of nitro benzene ring substituents is 1. The highest BCUT2D eigenvalue weighted by Gasteiger charge is 2.11. The average Bonchev–Trinajstić information content (AvgIpc) is 2.72. The van der Waals surface area contributed by atoms with E-state index in [9.17, 15) is 19.7 Å². The van der Waals surface area contributed by atoms with Crippen LogP contribution in [0.5, 0.6) is 11.5 Å². The van der Waals surface area contributed by atoms with Crippen LogP contribution >= 0.6 is 15.9 Å². The number of benzene rings is 2. The summed E-state index contributed by atoms with van der Waals surface area (Å²) >= 11 is 3.32. The average molecular weight is 468 g/mol. The van der Waals surface area contributed by atoms with Crippen molar-refractivity contribution in [1.29, 1.82) is 0 Å². The van der Waals surface area contributed by atoms with E-state index in [1.165, 1.54) is 24.3 Å². The Kier molecular flexibility index (Phi) is 8.37. The number of ether oxygens (including phenoxy) is 3. The Morgan fingerprint density at radius 1 is 1.07 bits per heavy atom. The third-order valence-corrected chi connectivity index (χ3v) is 4.09. The van der Waals surface area contributed by atoms with E-state index < -0.39 is 16.7 Å². The zero-order valence-corrected chi connectivity index (χ0v) is 16.9. The summed E-state index contributed by atoms with van der Waals surface area (Å²) in [6, 6.07) is 9.98. The van der Waals surface area contributed by atoms with Crippen LogP contribution in [-0.2, 0) is 9.53 Å². The van der Waals surface area contributed by atoms with Gasteiger partial charge in [0.05, 0.1) is 16.0 Å². The number of amides is 2. The van der Waals surface area contributed by atoms with Crippen LogP contribution in [-0.4, -0.2) is 43.7 Å². The molecular formula is C18H18BrN3O7. The van der Waals surface area contributed by atoms with Gasteiger partial charge in [-0.15, -0.1) is 0 Å². The SMILES string of the molecule is COCCOc1ccc(C(=O)NNC(=O)COc2ccc([N+](=O)[O-])cc2)cc1Br. The molecule has 2 aromatic rings. The Hall–Kier alpha value is -3.18. The number of hydrogen-bond acceptors (Lipinski definition) is 7. The van der Waals surface area contributed by atoms with Crippen LogP contribution in [0.2, 0.25) is 0 Å². The largest absolute Gasteiger partial charge is 0.490 e. The van der Waals surface area contributed by atoms with Gasteiger partial charge >= 0.3 is 0 Å². The van der Waals surface area contributed by atoms with Crippen LogP contribution in [0.3, 0.4) is 0 Å². The van der Waals surface area contributed by atoms with E-state index in [0.717, 1.165) is 0 Å². The van der Waals surface area contributed by atoms with Gasteiger partial charge in [0, 0.05) is 24.8 Å². The molecule has 0 aliphatic rings. The lowest BCUT2D eigenvalue weighted by Gasteiger charge is -2.11. The Labute approximate surface area is 174 Å². The van der Waals surface area contributed by atoms with Crippen LogP contribution < -0.4 is 20.3 Å². The Bertz CT molecular complexity index is 874. The summed E-state index contributed by atoms with van der Waals surface area (Å²) in [7, 11) is 1.57. The van der Waals surface area contributed by atoms with Crippen molar-refractivity contribution in [2.24, 2.45) is 0 Å². The van der Waals surface area contributed by atoms with Gasteiger partial charge in [-0.1, -0.05) is 0 Å². The molecule has 10 nitrogen and oxygen atoms in total. The second kappa shape index (κ2) is 11.0. The van der Waals surface area contributed by atoms with Gasteiger partial charge in [0.25, 0.3) is 17.5 Å². The number of carbonyl (C=O) groups is 2. The van der Waals surface area contributed by atoms with Crippen LogP contribution in [0, 0.1) is 10.1 Å². The minimum absolute atomic E-state index is 0.0876. The maximum Gasteiger partial charge on any atom is 0.276 e. The molecule has 0 bridgehead atoms. The van der Waals surface area contributed by atoms with Crippen molar-refractivity contribution in [2.45, 2.75) is 0 Å². The fourth-order valence-electron chi connectivity index (χ4n) is 2.04. The molecule has 2 N–H and O–H groups in total. The highest BCUT2D eigenvalue weighted by atomic mass is 79.9. The van der Waals surface area contributed by atoms with Crippen molar-refractivity contribution in [1.82, 2.24) is 10.9 Å². The minimum atomic E-state index is -0.602. The van der Waals surface area contributed by atoms with Crippen molar-refractivity contribution in [3.05, 3.63) is 62.6 Å². The quantitative estimate of drug-likeness (QED) is 0.328. The van der Waals surface area contributed by atoms with Gasteiger partial charge in [-0.2, -0.15) is 0 Å². The first kappa shape index (κ1) is 22.1. The molecule has 11 heteroatoms. The number of nitrogens with zero attached hydrogens (tertiary/aromatic N) is 1. The number of carbonyl (C=O) groups excluding carboxylic acids is 2. The highest BCUT2D eigenvalue weighted by Crippen LogP contribution is 2.26. The number of nitrogens with one attached hydrogen (secondary N) is 2. The maximum absolute atomic E-state index is 12.1. The van der Waals surface area contributed by atoms with E-state index >= 15 is 0 Å². The van der Waals surface area contributed by atoms with Gasteiger partial charge in [-0.3, -0.25) is 30.6 Å². The van der Waals surface area contributed by atoms with Crippen molar-refractivity contribution in [2.75, 3.05) is 26.9 Å². The lowest BCUT2D eigenvalue weighted by Crippen LogP contribution is -2.43. The summed E-state index contributed by atoms with van der Waals surface area (Å²) in [5, 5.41) is 10.6. The van der Waals surface area contributed by atoms with E-state index in [1.54, 1.807) is 25.3 Å². The predicted molar refractivity (Wildman–Crippen MR) is 106 cm³/mol. The lowest BCUT2D eigenvalue weighted by molar-refractivity contribution is -0.384. The zero-order chi connectivity index (χ0) is 21.2. The second-order valence-electron chi connectivity index (χ2n) is 5.53. The number of nitro groups is 1. The monoisotopic (exact) mass is 467 g/mol. The molecule has 2 aromatic carbocycles. The molecule has 0 unspecified atom stereocenters. The molecule has 0 spiro atoms. The van der Waals surface area contributed by atoms with Crippen LogP contribution in [0.25, 0.3) is 0 Å². The van der Waals surface area contributed by atoms with Gasteiger partial charge in [-0.05, 0) is 46.3 Å². The minimum Gasteiger partial charge on any atom is -0.490 e. The highest BCUT2D eigenvalue weighted by molar-refractivity contribution is 9.10. The molecule has 2 amide bonds. The van der Waals surface area contributed by atoms with Gasteiger partial charge in [0.15, 0.2) is 6.61 Å². The van der Waals surface area contributed by atoms with Gasteiger partial charge in [0.1, 0.15) is 18.1 Å². The summed E-state index contributed by atoms with van der Waals surface area (Å²) in [5.41, 5.74) is 4.70. The van der Waals surface area contributed by atoms with Crippen molar-refractivity contribution < 1.29 is 28.7 Å². The molecule has 0 aromatic heterocycles. The van der Waals surface area contributed by atoms with Gasteiger partial charge in [0.2, 0.25) is 0 Å². The van der Waals surface area contributed by atoms with Crippen molar-refractivity contribution in [3.63, 3.8) is 0 Å². The maximum atomic E-state index is 12.1. The van der Waals surface area contributed by atoms with E-state index in [-0.39, 0.29) is 18.0 Å². The summed E-state index contributed by atoms with van der Waals surface area (Å²) in [4.78, 5) is 34.0. The van der Waals surface area contributed by atoms with E-state index in [4.69, 9.17) is 14.2 Å². The predicted octanol–water partition coefficient (Wildman–Crippen LogP) is 2.22. The molecule has 29 heavy (non-hydrogen) atoms. The van der Waals surface area contributed by atoms with Gasteiger partial charge < -0.3 is 14.2 Å². The number of halogens is 1. The molecule has 2 rings (SSSR count). The first-order valence-electron chi connectivity index (χ1n) is 8.28. The molecule has 0 aliphatic heterocycles. The van der Waals surface area contributed by atoms with Crippen molar-refractivity contribution >= 4 is 33.4 Å². The number of hydrogen-bond donors (Lipinski definition) is 2. The van der Waals surface area contributed by atoms with Crippen molar-refractivity contribution in [3.8, 4) is 11.5 Å². The molecule has 0 aliphatic carbocycles. The fraction of sp³-hybridized carbons (Fsp3) is 0.222. The summed E-state index contributed by atoms with van der Waals surface area (Å²) in [5.74, 6) is -0.294. The topological polar surface area (TPSA) is 129 Å². The molecule has 0 saturated heterocycles.